The predicted molar refractivity (Wildman–Crippen MR) is 67.7 cm³/mol. The molecule has 0 aliphatic rings. The zero-order valence-electron chi connectivity index (χ0n) is 10.4. The molecule has 2 N–H and O–H groups in total. The van der Waals surface area contributed by atoms with Crippen molar-refractivity contribution in [2.75, 3.05) is 7.11 Å². The van der Waals surface area contributed by atoms with Crippen molar-refractivity contribution >= 4 is 5.97 Å². The van der Waals surface area contributed by atoms with Crippen molar-refractivity contribution in [2.45, 2.75) is 12.8 Å². The van der Waals surface area contributed by atoms with Gasteiger partial charge in [-0.05, 0) is 18.6 Å². The molecule has 6 heteroatoms. The number of hydrogen-bond acceptors (Lipinski definition) is 4. The summed E-state index contributed by atoms with van der Waals surface area (Å²) in [6.07, 6.45) is 1.94. The molecule has 2 rings (SSSR count). The van der Waals surface area contributed by atoms with Gasteiger partial charge in [-0.15, -0.1) is 0 Å². The van der Waals surface area contributed by atoms with Crippen LogP contribution >= 0.6 is 0 Å². The second-order valence-corrected chi connectivity index (χ2v) is 4.00. The molecule has 1 heterocycles. The van der Waals surface area contributed by atoms with E-state index < -0.39 is 5.97 Å². The summed E-state index contributed by atoms with van der Waals surface area (Å²) >= 11 is 0. The van der Waals surface area contributed by atoms with E-state index in [1.54, 1.807) is 30.5 Å². The fourth-order valence-corrected chi connectivity index (χ4v) is 1.81. The number of phenolic OH excluding ortho intramolecular Hbond substituents is 1. The summed E-state index contributed by atoms with van der Waals surface area (Å²) in [6.45, 7) is 0. The Morgan fingerprint density at radius 1 is 1.47 bits per heavy atom. The van der Waals surface area contributed by atoms with Gasteiger partial charge in [0.05, 0.1) is 19.0 Å². The maximum atomic E-state index is 10.6. The normalized spacial score (nSPS) is 10.4. The molecular formula is C13H14N2O4. The van der Waals surface area contributed by atoms with Gasteiger partial charge in [0.2, 0.25) is 5.88 Å². The van der Waals surface area contributed by atoms with Gasteiger partial charge in [-0.3, -0.25) is 4.79 Å². The third-order valence-electron chi connectivity index (χ3n) is 2.67. The zero-order valence-corrected chi connectivity index (χ0v) is 10.4. The number of aryl methyl sites for hydroxylation is 1. The first kappa shape index (κ1) is 12.9. The van der Waals surface area contributed by atoms with Crippen LogP contribution in [0.4, 0.5) is 0 Å². The van der Waals surface area contributed by atoms with Crippen LogP contribution in [0, 0.1) is 0 Å². The molecule has 0 aliphatic heterocycles. The Morgan fingerprint density at radius 2 is 2.26 bits per heavy atom. The molecule has 0 fully saturated rings. The lowest BCUT2D eigenvalue weighted by molar-refractivity contribution is -0.136. The number of aromatic hydroxyl groups is 1. The van der Waals surface area contributed by atoms with E-state index in [0.717, 1.165) is 0 Å². The number of methoxy groups -OCH3 is 1. The third kappa shape index (κ3) is 2.85. The molecule has 0 aliphatic carbocycles. The van der Waals surface area contributed by atoms with Crippen LogP contribution in [0.3, 0.4) is 0 Å². The molecule has 6 nitrogen and oxygen atoms in total. The number of aliphatic carboxylic acids is 1. The number of carboxylic acid groups (broad SMARTS) is 1. The number of carbonyl (C=O) groups is 1. The summed E-state index contributed by atoms with van der Waals surface area (Å²) in [5, 5.41) is 22.3. The highest BCUT2D eigenvalue weighted by Gasteiger charge is 2.14. The van der Waals surface area contributed by atoms with Crippen LogP contribution < -0.4 is 4.74 Å². The van der Waals surface area contributed by atoms with Gasteiger partial charge in [-0.1, -0.05) is 6.07 Å². The number of ether oxygens (including phenoxy) is 1. The van der Waals surface area contributed by atoms with Crippen molar-refractivity contribution in [3.63, 3.8) is 0 Å². The molecule has 19 heavy (non-hydrogen) atoms. The van der Waals surface area contributed by atoms with Crippen LogP contribution in [0.5, 0.6) is 11.6 Å². The minimum atomic E-state index is -0.868. The third-order valence-corrected chi connectivity index (χ3v) is 2.67. The van der Waals surface area contributed by atoms with Gasteiger partial charge >= 0.3 is 5.97 Å². The molecule has 1 aromatic carbocycles. The molecule has 0 radical (unpaired) electrons. The number of carboxylic acids is 1. The summed E-state index contributed by atoms with van der Waals surface area (Å²) in [4.78, 5) is 10.6. The van der Waals surface area contributed by atoms with Crippen LogP contribution in [0.25, 0.3) is 5.69 Å². The van der Waals surface area contributed by atoms with Crippen LogP contribution in [-0.2, 0) is 11.2 Å². The van der Waals surface area contributed by atoms with E-state index in [1.807, 2.05) is 0 Å². The van der Waals surface area contributed by atoms with Crippen molar-refractivity contribution in [1.29, 1.82) is 0 Å². The van der Waals surface area contributed by atoms with Crippen molar-refractivity contribution in [2.24, 2.45) is 0 Å². The van der Waals surface area contributed by atoms with Gasteiger partial charge in [0.15, 0.2) is 0 Å². The van der Waals surface area contributed by atoms with Crippen molar-refractivity contribution in [3.05, 3.63) is 36.0 Å². The first-order valence-corrected chi connectivity index (χ1v) is 5.74. The Morgan fingerprint density at radius 3 is 2.89 bits per heavy atom. The Kier molecular flexibility index (Phi) is 3.70. The van der Waals surface area contributed by atoms with Crippen molar-refractivity contribution in [1.82, 2.24) is 9.78 Å². The van der Waals surface area contributed by atoms with E-state index in [4.69, 9.17) is 9.84 Å². The summed E-state index contributed by atoms with van der Waals surface area (Å²) in [7, 11) is 1.50. The van der Waals surface area contributed by atoms with E-state index >= 15 is 0 Å². The molecule has 0 bridgehead atoms. The smallest absolute Gasteiger partial charge is 0.303 e. The standard InChI is InChI=1S/C13H14N2O4/c1-19-13-9(5-6-12(17)18)8-14-15(13)10-3-2-4-11(16)7-10/h2-4,7-8,16H,5-6H2,1H3,(H,17,18). The maximum Gasteiger partial charge on any atom is 0.303 e. The molecule has 0 unspecified atom stereocenters. The monoisotopic (exact) mass is 262 g/mol. The highest BCUT2D eigenvalue weighted by Crippen LogP contribution is 2.25. The summed E-state index contributed by atoms with van der Waals surface area (Å²) in [5.74, 6) is -0.263. The Bertz CT molecular complexity index is 592. The van der Waals surface area contributed by atoms with Crippen LogP contribution in [0.15, 0.2) is 30.5 Å². The van der Waals surface area contributed by atoms with Gasteiger partial charge in [0.1, 0.15) is 5.75 Å². The quantitative estimate of drug-likeness (QED) is 0.855. The van der Waals surface area contributed by atoms with E-state index in [0.29, 0.717) is 23.6 Å². The zero-order chi connectivity index (χ0) is 13.8. The number of nitrogens with zero attached hydrogens (tertiary/aromatic N) is 2. The lowest BCUT2D eigenvalue weighted by Gasteiger charge is -2.08. The first-order valence-electron chi connectivity index (χ1n) is 5.74. The van der Waals surface area contributed by atoms with Crippen LogP contribution in [0.2, 0.25) is 0 Å². The van der Waals surface area contributed by atoms with Crippen LogP contribution in [-0.4, -0.2) is 33.1 Å². The highest BCUT2D eigenvalue weighted by atomic mass is 16.5. The predicted octanol–water partition coefficient (Wildman–Crippen LogP) is 1.60. The van der Waals surface area contributed by atoms with E-state index in [2.05, 4.69) is 5.10 Å². The number of aromatic nitrogens is 2. The fourth-order valence-electron chi connectivity index (χ4n) is 1.81. The Labute approximate surface area is 109 Å². The Balaban J connectivity index is 2.34. The molecule has 0 spiro atoms. The minimum Gasteiger partial charge on any atom is -0.508 e. The second-order valence-electron chi connectivity index (χ2n) is 4.00. The molecular weight excluding hydrogens is 248 g/mol. The van der Waals surface area contributed by atoms with Gasteiger partial charge in [-0.25, -0.2) is 4.68 Å². The van der Waals surface area contributed by atoms with Crippen molar-refractivity contribution in [3.8, 4) is 17.3 Å². The first-order chi connectivity index (χ1) is 9.11. The number of benzene rings is 1. The van der Waals surface area contributed by atoms with Gasteiger partial charge in [0, 0.05) is 18.1 Å². The van der Waals surface area contributed by atoms with E-state index in [9.17, 15) is 9.90 Å². The van der Waals surface area contributed by atoms with Gasteiger partial charge in [0.25, 0.3) is 0 Å². The average Bonchev–Trinajstić information content (AvgIpc) is 2.79. The molecule has 2 aromatic rings. The van der Waals surface area contributed by atoms with Crippen molar-refractivity contribution < 1.29 is 19.7 Å². The summed E-state index contributed by atoms with van der Waals surface area (Å²) in [6, 6.07) is 6.58. The topological polar surface area (TPSA) is 84.6 Å². The molecule has 1 aromatic heterocycles. The Hall–Kier alpha value is -2.50. The number of phenols is 1. The lowest BCUT2D eigenvalue weighted by atomic mass is 10.2. The molecule has 100 valence electrons. The highest BCUT2D eigenvalue weighted by molar-refractivity contribution is 5.67. The van der Waals surface area contributed by atoms with Gasteiger partial charge < -0.3 is 14.9 Å². The van der Waals surface area contributed by atoms with E-state index in [1.165, 1.54) is 11.8 Å². The molecule has 0 amide bonds. The molecule has 0 saturated carbocycles. The fraction of sp³-hybridized carbons (Fsp3) is 0.231. The molecule has 0 atom stereocenters. The number of rotatable bonds is 5. The lowest BCUT2D eigenvalue weighted by Crippen LogP contribution is -2.02. The number of hydrogen-bond donors (Lipinski definition) is 2. The second kappa shape index (κ2) is 5.43. The largest absolute Gasteiger partial charge is 0.508 e. The molecule has 0 saturated heterocycles. The summed E-state index contributed by atoms with van der Waals surface area (Å²) < 4.78 is 6.79. The van der Waals surface area contributed by atoms with Gasteiger partial charge in [-0.2, -0.15) is 5.10 Å². The average molecular weight is 262 g/mol. The van der Waals surface area contributed by atoms with E-state index in [-0.39, 0.29) is 12.2 Å². The SMILES string of the molecule is COc1c(CCC(=O)O)cnn1-c1cccc(O)c1. The van der Waals surface area contributed by atoms with Crippen LogP contribution in [0.1, 0.15) is 12.0 Å². The minimum absolute atomic E-state index is 0.0160. The maximum absolute atomic E-state index is 10.6. The summed E-state index contributed by atoms with van der Waals surface area (Å²) in [5.41, 5.74) is 1.37.